The molecule has 0 saturated carbocycles. The first-order valence-corrected chi connectivity index (χ1v) is 8.05. The lowest BCUT2D eigenvalue weighted by molar-refractivity contribution is 0.0675. The summed E-state index contributed by atoms with van der Waals surface area (Å²) in [6, 6.07) is 9.75. The number of nitrogens with zero attached hydrogens (tertiary/aromatic N) is 2. The summed E-state index contributed by atoms with van der Waals surface area (Å²) in [5.41, 5.74) is 1.05. The Labute approximate surface area is 114 Å². The van der Waals surface area contributed by atoms with Crippen LogP contribution in [-0.2, 0) is 21.2 Å². The lowest BCUT2D eigenvalue weighted by atomic mass is 10.1. The van der Waals surface area contributed by atoms with Crippen LogP contribution in [-0.4, -0.2) is 51.7 Å². The molecule has 0 radical (unpaired) electrons. The second-order valence-corrected chi connectivity index (χ2v) is 6.15. The minimum atomic E-state index is -3.39. The molecule has 1 aliphatic heterocycles. The minimum Gasteiger partial charge on any atom is -0.378 e. The van der Waals surface area contributed by atoms with Crippen molar-refractivity contribution in [1.82, 2.24) is 4.90 Å². The summed E-state index contributed by atoms with van der Waals surface area (Å²) in [5, 5.41) is 0. The highest BCUT2D eigenvalue weighted by molar-refractivity contribution is 7.89. The average molecular weight is 282 g/mol. The second-order valence-electron chi connectivity index (χ2n) is 4.50. The molecule has 0 atom stereocenters. The van der Waals surface area contributed by atoms with Gasteiger partial charge in [-0.05, 0) is 5.56 Å². The predicted molar refractivity (Wildman–Crippen MR) is 74.8 cm³/mol. The SMILES string of the molecule is CS(=O)(=O)/N=C(/Cc1ccccc1)N1CCOCC1. The molecule has 1 fully saturated rings. The van der Waals surface area contributed by atoms with Crippen molar-refractivity contribution in [2.75, 3.05) is 32.6 Å². The van der Waals surface area contributed by atoms with Crippen LogP contribution >= 0.6 is 0 Å². The zero-order valence-corrected chi connectivity index (χ0v) is 11.8. The molecule has 1 saturated heterocycles. The van der Waals surface area contributed by atoms with Crippen LogP contribution in [0, 0.1) is 0 Å². The topological polar surface area (TPSA) is 59.0 Å². The predicted octanol–water partition coefficient (Wildman–Crippen LogP) is 0.919. The van der Waals surface area contributed by atoms with Gasteiger partial charge >= 0.3 is 0 Å². The Bertz CT molecular complexity index is 534. The van der Waals surface area contributed by atoms with Crippen molar-refractivity contribution in [3.63, 3.8) is 0 Å². The molecule has 0 aliphatic carbocycles. The third kappa shape index (κ3) is 4.65. The third-order valence-electron chi connectivity index (χ3n) is 2.85. The number of amidine groups is 1. The number of ether oxygens (including phenoxy) is 1. The summed E-state index contributed by atoms with van der Waals surface area (Å²) in [7, 11) is -3.39. The van der Waals surface area contributed by atoms with Gasteiger partial charge in [-0.15, -0.1) is 0 Å². The lowest BCUT2D eigenvalue weighted by Gasteiger charge is -2.29. The lowest BCUT2D eigenvalue weighted by Crippen LogP contribution is -2.42. The van der Waals surface area contributed by atoms with E-state index in [0.717, 1.165) is 11.8 Å². The van der Waals surface area contributed by atoms with Gasteiger partial charge < -0.3 is 9.64 Å². The van der Waals surface area contributed by atoms with E-state index in [1.165, 1.54) is 0 Å². The van der Waals surface area contributed by atoms with Gasteiger partial charge in [0.15, 0.2) is 0 Å². The Balaban J connectivity index is 2.21. The van der Waals surface area contributed by atoms with Crippen LogP contribution in [0.2, 0.25) is 0 Å². The van der Waals surface area contributed by atoms with E-state index in [9.17, 15) is 8.42 Å². The van der Waals surface area contributed by atoms with E-state index in [1.807, 2.05) is 35.2 Å². The number of sulfonamides is 1. The molecule has 0 bridgehead atoms. The smallest absolute Gasteiger partial charge is 0.251 e. The van der Waals surface area contributed by atoms with Crippen molar-refractivity contribution in [2.24, 2.45) is 4.40 Å². The molecule has 1 aromatic rings. The molecule has 0 unspecified atom stereocenters. The van der Waals surface area contributed by atoms with Gasteiger partial charge in [0.2, 0.25) is 0 Å². The first kappa shape index (κ1) is 14.0. The molecule has 1 heterocycles. The van der Waals surface area contributed by atoms with Gasteiger partial charge in [-0.25, -0.2) is 8.42 Å². The standard InChI is InChI=1S/C13H18N2O3S/c1-19(16,17)14-13(15-7-9-18-10-8-15)11-12-5-3-2-4-6-12/h2-6H,7-11H2,1H3/b14-13-. The summed E-state index contributed by atoms with van der Waals surface area (Å²) >= 11 is 0. The molecule has 0 N–H and O–H groups in total. The zero-order chi connectivity index (χ0) is 13.7. The normalized spacial score (nSPS) is 17.5. The minimum absolute atomic E-state index is 0.522. The summed E-state index contributed by atoms with van der Waals surface area (Å²) in [4.78, 5) is 1.98. The van der Waals surface area contributed by atoms with E-state index in [4.69, 9.17) is 4.74 Å². The fourth-order valence-electron chi connectivity index (χ4n) is 1.99. The van der Waals surface area contributed by atoms with Crippen molar-refractivity contribution in [1.29, 1.82) is 0 Å². The number of rotatable bonds is 3. The fraction of sp³-hybridized carbons (Fsp3) is 0.462. The third-order valence-corrected chi connectivity index (χ3v) is 3.39. The maximum Gasteiger partial charge on any atom is 0.251 e. The van der Waals surface area contributed by atoms with Crippen molar-refractivity contribution in [3.05, 3.63) is 35.9 Å². The van der Waals surface area contributed by atoms with Crippen molar-refractivity contribution in [2.45, 2.75) is 6.42 Å². The highest BCUT2D eigenvalue weighted by Crippen LogP contribution is 2.08. The molecule has 5 nitrogen and oxygen atoms in total. The van der Waals surface area contributed by atoms with Gasteiger partial charge in [0.25, 0.3) is 10.0 Å². The molecule has 0 spiro atoms. The van der Waals surface area contributed by atoms with Crippen LogP contribution in [0.3, 0.4) is 0 Å². The van der Waals surface area contributed by atoms with E-state index < -0.39 is 10.0 Å². The largest absolute Gasteiger partial charge is 0.378 e. The Morgan fingerprint density at radius 1 is 1.26 bits per heavy atom. The summed E-state index contributed by atoms with van der Waals surface area (Å²) in [5.74, 6) is 0.594. The molecule has 2 rings (SSSR count). The second kappa shape index (κ2) is 6.16. The van der Waals surface area contributed by atoms with Crippen LogP contribution < -0.4 is 0 Å². The van der Waals surface area contributed by atoms with Crippen molar-refractivity contribution < 1.29 is 13.2 Å². The molecule has 0 aromatic heterocycles. The zero-order valence-electron chi connectivity index (χ0n) is 10.9. The van der Waals surface area contributed by atoms with Gasteiger partial charge in [0.1, 0.15) is 5.84 Å². The van der Waals surface area contributed by atoms with Gasteiger partial charge in [-0.3, -0.25) is 0 Å². The fourth-order valence-corrected chi connectivity index (χ4v) is 2.56. The van der Waals surface area contributed by atoms with E-state index in [2.05, 4.69) is 4.40 Å². The Hall–Kier alpha value is -1.40. The maximum atomic E-state index is 11.4. The van der Waals surface area contributed by atoms with Gasteiger partial charge in [0.05, 0.1) is 19.5 Å². The van der Waals surface area contributed by atoms with Gasteiger partial charge in [-0.2, -0.15) is 4.40 Å². The quantitative estimate of drug-likeness (QED) is 0.611. The Kier molecular flexibility index (Phi) is 4.55. The number of hydrogen-bond acceptors (Lipinski definition) is 3. The molecule has 1 aliphatic rings. The number of morpholine rings is 1. The van der Waals surface area contributed by atoms with Crippen LogP contribution in [0.5, 0.6) is 0 Å². The van der Waals surface area contributed by atoms with E-state index >= 15 is 0 Å². The van der Waals surface area contributed by atoms with Crippen LogP contribution in [0.15, 0.2) is 34.7 Å². The van der Waals surface area contributed by atoms with Crippen LogP contribution in [0.4, 0.5) is 0 Å². The van der Waals surface area contributed by atoms with Crippen LogP contribution in [0.1, 0.15) is 5.56 Å². The highest BCUT2D eigenvalue weighted by atomic mass is 32.2. The number of benzene rings is 1. The maximum absolute atomic E-state index is 11.4. The molecular weight excluding hydrogens is 264 g/mol. The molecule has 1 aromatic carbocycles. The Morgan fingerprint density at radius 2 is 1.89 bits per heavy atom. The number of hydrogen-bond donors (Lipinski definition) is 0. The average Bonchev–Trinajstić information content (AvgIpc) is 2.39. The summed E-state index contributed by atoms with van der Waals surface area (Å²) in [6.07, 6.45) is 1.65. The first-order valence-electron chi connectivity index (χ1n) is 6.20. The van der Waals surface area contributed by atoms with E-state index in [0.29, 0.717) is 38.6 Å². The van der Waals surface area contributed by atoms with E-state index in [1.54, 1.807) is 0 Å². The highest BCUT2D eigenvalue weighted by Gasteiger charge is 2.17. The first-order chi connectivity index (χ1) is 9.04. The van der Waals surface area contributed by atoms with E-state index in [-0.39, 0.29) is 0 Å². The van der Waals surface area contributed by atoms with Crippen LogP contribution in [0.25, 0.3) is 0 Å². The summed E-state index contributed by atoms with van der Waals surface area (Å²) < 4.78 is 32.0. The Morgan fingerprint density at radius 3 is 2.47 bits per heavy atom. The van der Waals surface area contributed by atoms with Gasteiger partial charge in [0, 0.05) is 19.5 Å². The van der Waals surface area contributed by atoms with Crippen molar-refractivity contribution >= 4 is 15.9 Å². The molecule has 6 heteroatoms. The monoisotopic (exact) mass is 282 g/mol. The molecule has 0 amide bonds. The summed E-state index contributed by atoms with van der Waals surface area (Å²) in [6.45, 7) is 2.58. The molecular formula is C13H18N2O3S. The van der Waals surface area contributed by atoms with Crippen molar-refractivity contribution in [3.8, 4) is 0 Å². The molecule has 19 heavy (non-hydrogen) atoms. The molecule has 104 valence electrons. The van der Waals surface area contributed by atoms with Gasteiger partial charge in [-0.1, -0.05) is 30.3 Å².